The molecule has 27 heavy (non-hydrogen) atoms. The van der Waals surface area contributed by atoms with Gasteiger partial charge in [-0.3, -0.25) is 4.79 Å². The Kier molecular flexibility index (Phi) is 5.02. The predicted molar refractivity (Wildman–Crippen MR) is 105 cm³/mol. The minimum Gasteiger partial charge on any atom is -0.339 e. The number of nitrogens with zero attached hydrogens (tertiary/aromatic N) is 2. The van der Waals surface area contributed by atoms with Gasteiger partial charge in [0.25, 0.3) is 0 Å². The summed E-state index contributed by atoms with van der Waals surface area (Å²) in [6.07, 6.45) is 1.54. The molecule has 1 aliphatic carbocycles. The Morgan fingerprint density at radius 3 is 1.74 bits per heavy atom. The molecule has 0 aromatic heterocycles. The van der Waals surface area contributed by atoms with Crippen LogP contribution in [0.25, 0.3) is 0 Å². The van der Waals surface area contributed by atoms with Crippen LogP contribution in [0.15, 0.2) is 60.7 Å². The van der Waals surface area contributed by atoms with E-state index >= 15 is 0 Å². The Morgan fingerprint density at radius 2 is 1.30 bits per heavy atom. The van der Waals surface area contributed by atoms with Gasteiger partial charge in [-0.1, -0.05) is 60.7 Å². The lowest BCUT2D eigenvalue weighted by molar-refractivity contribution is -0.133. The second-order valence-electron chi connectivity index (χ2n) is 7.22. The molecule has 1 heterocycles. The van der Waals surface area contributed by atoms with Crippen LogP contribution in [0.5, 0.6) is 0 Å². The maximum absolute atomic E-state index is 13.4. The third-order valence-corrected chi connectivity index (χ3v) is 7.77. The van der Waals surface area contributed by atoms with E-state index in [1.165, 1.54) is 0 Å². The van der Waals surface area contributed by atoms with Gasteiger partial charge >= 0.3 is 0 Å². The summed E-state index contributed by atoms with van der Waals surface area (Å²) >= 11 is 0. The summed E-state index contributed by atoms with van der Waals surface area (Å²) in [7, 11) is -3.17. The second kappa shape index (κ2) is 7.44. The van der Waals surface area contributed by atoms with Crippen LogP contribution in [0.3, 0.4) is 0 Å². The molecule has 6 heteroatoms. The molecule has 0 unspecified atom stereocenters. The molecule has 1 saturated carbocycles. The molecular formula is C21H24N2O3S. The zero-order valence-electron chi connectivity index (χ0n) is 15.2. The van der Waals surface area contributed by atoms with E-state index in [1.807, 2.05) is 65.6 Å². The first-order valence-electron chi connectivity index (χ1n) is 9.45. The van der Waals surface area contributed by atoms with Crippen LogP contribution in [0, 0.1) is 0 Å². The van der Waals surface area contributed by atoms with E-state index < -0.39 is 10.0 Å². The quantitative estimate of drug-likeness (QED) is 0.796. The number of benzene rings is 2. The normalized spacial score (nSPS) is 18.6. The number of rotatable bonds is 5. The molecule has 142 valence electrons. The molecule has 0 radical (unpaired) electrons. The fourth-order valence-corrected chi connectivity index (χ4v) is 5.52. The summed E-state index contributed by atoms with van der Waals surface area (Å²) in [5, 5.41) is -0.193. The van der Waals surface area contributed by atoms with Gasteiger partial charge in [-0.2, -0.15) is 4.31 Å². The number of sulfonamides is 1. The van der Waals surface area contributed by atoms with E-state index in [1.54, 1.807) is 4.31 Å². The van der Waals surface area contributed by atoms with Gasteiger partial charge in [0, 0.05) is 26.2 Å². The van der Waals surface area contributed by atoms with Crippen molar-refractivity contribution in [2.24, 2.45) is 0 Å². The van der Waals surface area contributed by atoms with Crippen LogP contribution in [0.1, 0.15) is 29.9 Å². The molecule has 0 N–H and O–H groups in total. The first-order chi connectivity index (χ1) is 13.1. The van der Waals surface area contributed by atoms with Gasteiger partial charge in [0.05, 0.1) is 11.2 Å². The number of amides is 1. The Hall–Kier alpha value is -2.18. The molecule has 1 amide bonds. The summed E-state index contributed by atoms with van der Waals surface area (Å²) < 4.78 is 26.4. The smallest absolute Gasteiger partial charge is 0.234 e. The van der Waals surface area contributed by atoms with Crippen LogP contribution in [0.4, 0.5) is 0 Å². The van der Waals surface area contributed by atoms with Gasteiger partial charge < -0.3 is 4.90 Å². The van der Waals surface area contributed by atoms with Crippen molar-refractivity contribution >= 4 is 15.9 Å². The van der Waals surface area contributed by atoms with Crippen molar-refractivity contribution < 1.29 is 13.2 Å². The van der Waals surface area contributed by atoms with Crippen LogP contribution >= 0.6 is 0 Å². The van der Waals surface area contributed by atoms with Crippen LogP contribution < -0.4 is 0 Å². The molecule has 1 aliphatic heterocycles. The van der Waals surface area contributed by atoms with Gasteiger partial charge in [-0.05, 0) is 24.0 Å². The van der Waals surface area contributed by atoms with Crippen molar-refractivity contribution in [3.63, 3.8) is 0 Å². The van der Waals surface area contributed by atoms with E-state index in [0.717, 1.165) is 24.0 Å². The Balaban J connectivity index is 1.53. The van der Waals surface area contributed by atoms with Crippen LogP contribution in [-0.4, -0.2) is 55.0 Å². The highest BCUT2D eigenvalue weighted by atomic mass is 32.2. The van der Waals surface area contributed by atoms with Crippen molar-refractivity contribution in [3.05, 3.63) is 71.8 Å². The number of piperazine rings is 1. The first-order valence-corrected chi connectivity index (χ1v) is 11.0. The van der Waals surface area contributed by atoms with Gasteiger partial charge in [0.15, 0.2) is 0 Å². The van der Waals surface area contributed by atoms with Gasteiger partial charge in [-0.25, -0.2) is 8.42 Å². The van der Waals surface area contributed by atoms with E-state index in [2.05, 4.69) is 0 Å². The lowest BCUT2D eigenvalue weighted by Gasteiger charge is -2.36. The molecular weight excluding hydrogens is 360 g/mol. The number of hydrogen-bond donors (Lipinski definition) is 0. The highest BCUT2D eigenvalue weighted by molar-refractivity contribution is 7.90. The molecule has 4 rings (SSSR count). The largest absolute Gasteiger partial charge is 0.339 e. The van der Waals surface area contributed by atoms with Crippen molar-refractivity contribution in [1.29, 1.82) is 0 Å². The average Bonchev–Trinajstić information content (AvgIpc) is 3.56. The topological polar surface area (TPSA) is 57.7 Å². The summed E-state index contributed by atoms with van der Waals surface area (Å²) in [6.45, 7) is 1.67. The molecule has 0 spiro atoms. The molecule has 2 fully saturated rings. The SMILES string of the molecule is O=C(C(c1ccccc1)c1ccccc1)N1CCN(S(=O)(=O)C2CC2)CC1. The third-order valence-electron chi connectivity index (χ3n) is 5.37. The van der Waals surface area contributed by atoms with E-state index in [0.29, 0.717) is 26.2 Å². The monoisotopic (exact) mass is 384 g/mol. The summed E-state index contributed by atoms with van der Waals surface area (Å²) in [5.74, 6) is -0.324. The maximum atomic E-state index is 13.4. The van der Waals surface area contributed by atoms with Gasteiger partial charge in [0.1, 0.15) is 0 Å². The van der Waals surface area contributed by atoms with Crippen molar-refractivity contribution in [2.45, 2.75) is 24.0 Å². The van der Waals surface area contributed by atoms with E-state index in [9.17, 15) is 13.2 Å². The van der Waals surface area contributed by atoms with E-state index in [-0.39, 0.29) is 17.1 Å². The third kappa shape index (κ3) is 3.77. The fourth-order valence-electron chi connectivity index (χ4n) is 3.69. The molecule has 2 aliphatic rings. The Morgan fingerprint density at radius 1 is 0.815 bits per heavy atom. The zero-order valence-corrected chi connectivity index (χ0v) is 16.0. The molecule has 0 atom stereocenters. The van der Waals surface area contributed by atoms with Crippen molar-refractivity contribution in [2.75, 3.05) is 26.2 Å². The van der Waals surface area contributed by atoms with Crippen LogP contribution in [-0.2, 0) is 14.8 Å². The number of carbonyl (C=O) groups is 1. The number of hydrogen-bond acceptors (Lipinski definition) is 3. The lowest BCUT2D eigenvalue weighted by atomic mass is 9.90. The van der Waals surface area contributed by atoms with Gasteiger partial charge in [0.2, 0.25) is 15.9 Å². The fraction of sp³-hybridized carbons (Fsp3) is 0.381. The lowest BCUT2D eigenvalue weighted by Crippen LogP contribution is -2.52. The highest BCUT2D eigenvalue weighted by Crippen LogP contribution is 2.32. The average molecular weight is 385 g/mol. The minimum absolute atomic E-state index is 0.0378. The maximum Gasteiger partial charge on any atom is 0.234 e. The summed E-state index contributed by atoms with van der Waals surface area (Å²) in [4.78, 5) is 15.2. The highest BCUT2D eigenvalue weighted by Gasteiger charge is 2.41. The molecule has 0 bridgehead atoms. The molecule has 2 aromatic carbocycles. The number of carbonyl (C=O) groups excluding carboxylic acids is 1. The van der Waals surface area contributed by atoms with Crippen molar-refractivity contribution in [1.82, 2.24) is 9.21 Å². The summed E-state index contributed by atoms with van der Waals surface area (Å²) in [5.41, 5.74) is 1.92. The Labute approximate surface area is 160 Å². The van der Waals surface area contributed by atoms with E-state index in [4.69, 9.17) is 0 Å². The first kappa shape index (κ1) is 18.2. The van der Waals surface area contributed by atoms with Gasteiger partial charge in [-0.15, -0.1) is 0 Å². The van der Waals surface area contributed by atoms with Crippen molar-refractivity contribution in [3.8, 4) is 0 Å². The predicted octanol–water partition coefficient (Wildman–Crippen LogP) is 2.45. The minimum atomic E-state index is -3.17. The zero-order chi connectivity index (χ0) is 18.9. The molecule has 5 nitrogen and oxygen atoms in total. The standard InChI is InChI=1S/C21H24N2O3S/c24-21(22-13-15-23(16-14-22)27(25,26)19-11-12-19)20(17-7-3-1-4-8-17)18-9-5-2-6-10-18/h1-10,19-20H,11-16H2. The second-order valence-corrected chi connectivity index (χ2v) is 9.44. The van der Waals surface area contributed by atoms with Crippen LogP contribution in [0.2, 0.25) is 0 Å². The molecule has 1 saturated heterocycles. The Bertz CT molecular complexity index is 848. The summed E-state index contributed by atoms with van der Waals surface area (Å²) in [6, 6.07) is 19.6. The molecule has 2 aromatic rings.